The minimum Gasteiger partial charge on any atom is -0.342 e. The quantitative estimate of drug-likeness (QED) is 0.665. The number of nitrogens with one attached hydrogen (secondary N) is 1. The van der Waals surface area contributed by atoms with E-state index in [-0.39, 0.29) is 0 Å². The van der Waals surface area contributed by atoms with E-state index >= 15 is 0 Å². The molecular weight excluding hydrogens is 316 g/mol. The van der Waals surface area contributed by atoms with E-state index in [1.165, 1.54) is 40.8 Å². The van der Waals surface area contributed by atoms with Gasteiger partial charge in [-0.15, -0.1) is 0 Å². The van der Waals surface area contributed by atoms with Crippen LogP contribution in [-0.2, 0) is 19.6 Å². The maximum Gasteiger partial charge on any atom is 0.118 e. The van der Waals surface area contributed by atoms with Crippen LogP contribution in [0.2, 0.25) is 0 Å². The second-order valence-electron chi connectivity index (χ2n) is 7.89. The normalized spacial score (nSPS) is 15.2. The summed E-state index contributed by atoms with van der Waals surface area (Å²) >= 11 is 0. The van der Waals surface area contributed by atoms with E-state index in [4.69, 9.17) is 0 Å². The molecule has 4 rings (SSSR count). The topological polar surface area (TPSA) is 9.37 Å². The van der Waals surface area contributed by atoms with Gasteiger partial charge in [0.1, 0.15) is 13.1 Å². The highest BCUT2D eigenvalue weighted by Crippen LogP contribution is 2.17. The molecule has 134 valence electrons. The third-order valence-corrected chi connectivity index (χ3v) is 5.44. The molecule has 3 aromatic rings. The fourth-order valence-corrected chi connectivity index (χ4v) is 3.93. The van der Waals surface area contributed by atoms with Crippen LogP contribution in [0.5, 0.6) is 0 Å². The lowest BCUT2D eigenvalue weighted by atomic mass is 10.1. The van der Waals surface area contributed by atoms with E-state index in [1.807, 2.05) is 0 Å². The Bertz CT molecular complexity index is 873. The lowest BCUT2D eigenvalue weighted by molar-refractivity contribution is -0.938. The number of hydrogen-bond donors (Lipinski definition) is 1. The summed E-state index contributed by atoms with van der Waals surface area (Å²) < 4.78 is 2.42. The molecule has 0 aliphatic heterocycles. The summed E-state index contributed by atoms with van der Waals surface area (Å²) in [5.41, 5.74) is 6.99. The van der Waals surface area contributed by atoms with Crippen molar-refractivity contribution in [2.45, 2.75) is 52.4 Å². The molecule has 1 aromatic heterocycles. The summed E-state index contributed by atoms with van der Waals surface area (Å²) in [6, 6.07) is 23.2. The van der Waals surface area contributed by atoms with Crippen LogP contribution in [0, 0.1) is 13.8 Å². The molecule has 0 bridgehead atoms. The van der Waals surface area contributed by atoms with Gasteiger partial charge in [0.25, 0.3) is 0 Å². The largest absolute Gasteiger partial charge is 0.342 e. The summed E-state index contributed by atoms with van der Waals surface area (Å²) in [6.45, 7) is 7.56. The van der Waals surface area contributed by atoms with Crippen LogP contribution in [-0.4, -0.2) is 10.6 Å². The highest BCUT2D eigenvalue weighted by atomic mass is 15.2. The predicted molar refractivity (Wildman–Crippen MR) is 107 cm³/mol. The standard InChI is InChI=1S/C24H28N2/c1-19-6-3-8-21(14-19)16-25-13-5-10-24(25)18-26(23-11-12-23)17-22-9-4-7-20(2)15-22/h3-10,13-15,23H,11-12,16-18H2,1-2H3/p+1. The first-order valence-electron chi connectivity index (χ1n) is 9.77. The molecule has 1 N–H and O–H groups in total. The van der Waals surface area contributed by atoms with Crippen molar-refractivity contribution >= 4 is 0 Å². The highest BCUT2D eigenvalue weighted by Gasteiger charge is 2.33. The first-order valence-corrected chi connectivity index (χ1v) is 9.77. The first-order chi connectivity index (χ1) is 12.7. The average Bonchev–Trinajstić information content (AvgIpc) is 3.37. The van der Waals surface area contributed by atoms with Gasteiger partial charge in [0.15, 0.2) is 0 Å². The van der Waals surface area contributed by atoms with Gasteiger partial charge in [-0.05, 0) is 31.5 Å². The van der Waals surface area contributed by atoms with Crippen LogP contribution in [0.25, 0.3) is 0 Å². The Morgan fingerprint density at radius 2 is 1.54 bits per heavy atom. The van der Waals surface area contributed by atoms with E-state index in [9.17, 15) is 0 Å². The van der Waals surface area contributed by atoms with Crippen molar-refractivity contribution in [2.24, 2.45) is 0 Å². The zero-order chi connectivity index (χ0) is 17.9. The fraction of sp³-hybridized carbons (Fsp3) is 0.333. The minimum absolute atomic E-state index is 0.831. The predicted octanol–water partition coefficient (Wildman–Crippen LogP) is 3.90. The molecule has 0 amide bonds. The molecule has 1 fully saturated rings. The van der Waals surface area contributed by atoms with Gasteiger partial charge in [0, 0.05) is 31.1 Å². The molecule has 1 unspecified atom stereocenters. The van der Waals surface area contributed by atoms with E-state index in [0.29, 0.717) is 0 Å². The number of benzene rings is 2. The summed E-state index contributed by atoms with van der Waals surface area (Å²) in [6.07, 6.45) is 4.98. The molecule has 2 heteroatoms. The van der Waals surface area contributed by atoms with Crippen LogP contribution in [0.1, 0.15) is 40.8 Å². The smallest absolute Gasteiger partial charge is 0.118 e. The minimum atomic E-state index is 0.831. The molecule has 1 aliphatic carbocycles. The van der Waals surface area contributed by atoms with E-state index in [2.05, 4.69) is 85.3 Å². The Kier molecular flexibility index (Phi) is 4.94. The zero-order valence-corrected chi connectivity index (χ0v) is 15.9. The van der Waals surface area contributed by atoms with Gasteiger partial charge < -0.3 is 9.47 Å². The van der Waals surface area contributed by atoms with Crippen molar-refractivity contribution < 1.29 is 4.90 Å². The van der Waals surface area contributed by atoms with Gasteiger partial charge in [-0.3, -0.25) is 0 Å². The van der Waals surface area contributed by atoms with Gasteiger partial charge in [-0.2, -0.15) is 0 Å². The van der Waals surface area contributed by atoms with Crippen molar-refractivity contribution in [1.29, 1.82) is 0 Å². The summed E-state index contributed by atoms with van der Waals surface area (Å²) in [7, 11) is 0. The molecule has 1 heterocycles. The second-order valence-corrected chi connectivity index (χ2v) is 7.89. The Labute approximate surface area is 157 Å². The van der Waals surface area contributed by atoms with Crippen molar-refractivity contribution in [3.05, 3.63) is 94.8 Å². The number of quaternary nitrogens is 1. The maximum absolute atomic E-state index is 2.42. The van der Waals surface area contributed by atoms with Gasteiger partial charge in [0.05, 0.1) is 11.7 Å². The Balaban J connectivity index is 1.49. The third kappa shape index (κ3) is 4.25. The number of aromatic nitrogens is 1. The summed E-state index contributed by atoms with van der Waals surface area (Å²) in [5.74, 6) is 0. The molecule has 0 saturated heterocycles. The third-order valence-electron chi connectivity index (χ3n) is 5.44. The van der Waals surface area contributed by atoms with Crippen molar-refractivity contribution in [3.63, 3.8) is 0 Å². The van der Waals surface area contributed by atoms with Crippen LogP contribution in [0.3, 0.4) is 0 Å². The maximum atomic E-state index is 2.42. The fourth-order valence-electron chi connectivity index (χ4n) is 3.93. The molecule has 2 aromatic carbocycles. The SMILES string of the molecule is Cc1cccc(Cn2cccc2C[NH+](Cc2cccc(C)c2)C2CC2)c1. The molecule has 0 spiro atoms. The van der Waals surface area contributed by atoms with Crippen LogP contribution >= 0.6 is 0 Å². The zero-order valence-electron chi connectivity index (χ0n) is 15.9. The Morgan fingerprint density at radius 3 is 2.23 bits per heavy atom. The van der Waals surface area contributed by atoms with Crippen molar-refractivity contribution in [2.75, 3.05) is 0 Å². The van der Waals surface area contributed by atoms with Crippen LogP contribution in [0.15, 0.2) is 66.9 Å². The van der Waals surface area contributed by atoms with E-state index < -0.39 is 0 Å². The van der Waals surface area contributed by atoms with E-state index in [0.717, 1.165) is 25.7 Å². The highest BCUT2D eigenvalue weighted by molar-refractivity contribution is 5.24. The molecule has 1 aliphatic rings. The summed E-state index contributed by atoms with van der Waals surface area (Å²) in [5, 5.41) is 0. The number of hydrogen-bond acceptors (Lipinski definition) is 0. The molecular formula is C24H29N2+. The molecule has 1 saturated carbocycles. The molecule has 2 nitrogen and oxygen atoms in total. The number of nitrogens with zero attached hydrogens (tertiary/aromatic N) is 1. The number of rotatable bonds is 7. The van der Waals surface area contributed by atoms with Crippen molar-refractivity contribution in [1.82, 2.24) is 4.57 Å². The second kappa shape index (κ2) is 7.51. The number of aryl methyl sites for hydroxylation is 2. The summed E-state index contributed by atoms with van der Waals surface area (Å²) in [4.78, 5) is 1.71. The van der Waals surface area contributed by atoms with Crippen LogP contribution in [0.4, 0.5) is 0 Å². The molecule has 1 atom stereocenters. The van der Waals surface area contributed by atoms with Gasteiger partial charge in [0.2, 0.25) is 0 Å². The van der Waals surface area contributed by atoms with E-state index in [1.54, 1.807) is 4.90 Å². The lowest BCUT2D eigenvalue weighted by Crippen LogP contribution is -3.10. The first kappa shape index (κ1) is 17.1. The Morgan fingerprint density at radius 1 is 0.846 bits per heavy atom. The van der Waals surface area contributed by atoms with Gasteiger partial charge in [-0.1, -0.05) is 59.7 Å². The van der Waals surface area contributed by atoms with Gasteiger partial charge in [-0.25, -0.2) is 0 Å². The molecule has 0 radical (unpaired) electrons. The Hall–Kier alpha value is -2.32. The van der Waals surface area contributed by atoms with Crippen molar-refractivity contribution in [3.8, 4) is 0 Å². The monoisotopic (exact) mass is 345 g/mol. The lowest BCUT2D eigenvalue weighted by Gasteiger charge is -2.21. The molecule has 26 heavy (non-hydrogen) atoms. The van der Waals surface area contributed by atoms with Crippen LogP contribution < -0.4 is 4.90 Å². The average molecular weight is 346 g/mol. The van der Waals surface area contributed by atoms with Gasteiger partial charge >= 0.3 is 0 Å².